The van der Waals surface area contributed by atoms with Gasteiger partial charge in [-0.3, -0.25) is 0 Å². The molecule has 5 heteroatoms. The van der Waals surface area contributed by atoms with Gasteiger partial charge in [-0.1, -0.05) is 0 Å². The third-order valence-corrected chi connectivity index (χ3v) is 8.14. The molecule has 0 saturated carbocycles. The highest BCUT2D eigenvalue weighted by molar-refractivity contribution is 7.13. The topological polar surface area (TPSA) is 43.4 Å². The van der Waals surface area contributed by atoms with E-state index >= 15 is 0 Å². The lowest BCUT2D eigenvalue weighted by molar-refractivity contribution is 0.393. The van der Waals surface area contributed by atoms with Crippen LogP contribution in [0.3, 0.4) is 0 Å². The second kappa shape index (κ2) is 6.24. The van der Waals surface area contributed by atoms with E-state index < -0.39 is 5.82 Å². The van der Waals surface area contributed by atoms with Crippen LogP contribution in [0.2, 0.25) is 0 Å². The number of aryl methyl sites for hydroxylation is 4. The Morgan fingerprint density at radius 2 is 1.12 bits per heavy atom. The summed E-state index contributed by atoms with van der Waals surface area (Å²) in [5, 5.41) is 0. The number of hydrogen-bond acceptors (Lipinski definition) is 5. The summed E-state index contributed by atoms with van der Waals surface area (Å²) < 4.78 is 11.3. The van der Waals surface area contributed by atoms with Gasteiger partial charge in [-0.2, -0.15) is 0 Å². The first kappa shape index (κ1) is 16.6. The third-order valence-electron chi connectivity index (χ3n) is 5.73. The average molecular weight is 387 g/mol. The molecule has 26 heavy (non-hydrogen) atoms. The molecule has 3 nitrogen and oxygen atoms in total. The highest BCUT2D eigenvalue weighted by Crippen LogP contribution is 2.47. The SMILES string of the molecule is Cc1sc2c(c1-c1oc(=O)oc1-c1c(C)sc3c1CCCC3)CCCC2. The summed E-state index contributed by atoms with van der Waals surface area (Å²) in [7, 11) is 0. The molecule has 0 radical (unpaired) electrons. The van der Waals surface area contributed by atoms with Crippen molar-refractivity contribution >= 4 is 22.7 Å². The molecule has 0 bridgehead atoms. The van der Waals surface area contributed by atoms with E-state index in [0.29, 0.717) is 11.5 Å². The zero-order chi connectivity index (χ0) is 17.8. The molecule has 3 aromatic heterocycles. The Balaban J connectivity index is 1.75. The Hall–Kier alpha value is -1.59. The van der Waals surface area contributed by atoms with E-state index in [1.165, 1.54) is 56.3 Å². The number of hydrogen-bond donors (Lipinski definition) is 0. The first-order valence-corrected chi connectivity index (χ1v) is 11.1. The Kier molecular flexibility index (Phi) is 3.98. The minimum atomic E-state index is -0.583. The van der Waals surface area contributed by atoms with Gasteiger partial charge in [0, 0.05) is 30.6 Å². The van der Waals surface area contributed by atoms with Crippen LogP contribution in [0.1, 0.15) is 56.3 Å². The van der Waals surface area contributed by atoms with E-state index in [1.54, 1.807) is 0 Å². The lowest BCUT2D eigenvalue weighted by Gasteiger charge is -2.13. The van der Waals surface area contributed by atoms with Crippen LogP contribution < -0.4 is 5.82 Å². The summed E-state index contributed by atoms with van der Waals surface area (Å²) in [4.78, 5) is 17.5. The summed E-state index contributed by atoms with van der Waals surface area (Å²) in [6, 6.07) is 0. The van der Waals surface area contributed by atoms with E-state index in [4.69, 9.17) is 8.83 Å². The van der Waals surface area contributed by atoms with Crippen molar-refractivity contribution in [2.75, 3.05) is 0 Å². The maximum atomic E-state index is 12.1. The highest BCUT2D eigenvalue weighted by Gasteiger charge is 2.30. The lowest BCUT2D eigenvalue weighted by atomic mass is 9.90. The van der Waals surface area contributed by atoms with Crippen LogP contribution in [0.15, 0.2) is 13.6 Å². The summed E-state index contributed by atoms with van der Waals surface area (Å²) in [6.07, 6.45) is 9.36. The van der Waals surface area contributed by atoms with E-state index in [-0.39, 0.29) is 0 Å². The fourth-order valence-electron chi connectivity index (χ4n) is 4.61. The maximum absolute atomic E-state index is 12.1. The van der Waals surface area contributed by atoms with Gasteiger partial charge in [0.15, 0.2) is 11.5 Å². The number of thiophene rings is 2. The Labute approximate surface area is 160 Å². The molecule has 0 amide bonds. The monoisotopic (exact) mass is 386 g/mol. The van der Waals surface area contributed by atoms with Crippen molar-refractivity contribution in [2.45, 2.75) is 65.2 Å². The van der Waals surface area contributed by atoms with Gasteiger partial charge in [-0.15, -0.1) is 22.7 Å². The predicted molar refractivity (Wildman–Crippen MR) is 107 cm³/mol. The van der Waals surface area contributed by atoms with Gasteiger partial charge in [0.05, 0.1) is 0 Å². The minimum Gasteiger partial charge on any atom is -0.390 e. The first-order chi connectivity index (χ1) is 12.6. The van der Waals surface area contributed by atoms with Crippen molar-refractivity contribution < 1.29 is 8.83 Å². The Bertz CT molecular complexity index is 964. The summed E-state index contributed by atoms with van der Waals surface area (Å²) in [5.74, 6) is 0.752. The summed E-state index contributed by atoms with van der Waals surface area (Å²) in [6.45, 7) is 4.29. The summed E-state index contributed by atoms with van der Waals surface area (Å²) >= 11 is 3.72. The largest absolute Gasteiger partial charge is 0.519 e. The smallest absolute Gasteiger partial charge is 0.390 e. The van der Waals surface area contributed by atoms with Crippen molar-refractivity contribution in [1.82, 2.24) is 0 Å². The second-order valence-electron chi connectivity index (χ2n) is 7.40. The fraction of sp³-hybridized carbons (Fsp3) is 0.476. The molecule has 2 aliphatic carbocycles. The van der Waals surface area contributed by atoms with Crippen LogP contribution in [0.4, 0.5) is 0 Å². The van der Waals surface area contributed by atoms with Gasteiger partial charge in [0.25, 0.3) is 0 Å². The van der Waals surface area contributed by atoms with Crippen LogP contribution in [-0.4, -0.2) is 0 Å². The molecule has 3 aromatic rings. The van der Waals surface area contributed by atoms with E-state index in [9.17, 15) is 4.79 Å². The molecular weight excluding hydrogens is 364 g/mol. The van der Waals surface area contributed by atoms with Crippen molar-refractivity contribution in [1.29, 1.82) is 0 Å². The Morgan fingerprint density at radius 3 is 1.58 bits per heavy atom. The van der Waals surface area contributed by atoms with Gasteiger partial charge in [0.1, 0.15) is 0 Å². The van der Waals surface area contributed by atoms with E-state index in [2.05, 4.69) is 13.8 Å². The van der Waals surface area contributed by atoms with Crippen LogP contribution in [-0.2, 0) is 25.7 Å². The predicted octanol–water partition coefficient (Wildman–Crippen LogP) is 6.06. The normalized spacial score (nSPS) is 16.5. The second-order valence-corrected chi connectivity index (χ2v) is 10.0. The maximum Gasteiger partial charge on any atom is 0.519 e. The molecule has 2 aliphatic rings. The molecule has 136 valence electrons. The Morgan fingerprint density at radius 1 is 0.692 bits per heavy atom. The molecule has 0 aromatic carbocycles. The van der Waals surface area contributed by atoms with Crippen LogP contribution in [0, 0.1) is 13.8 Å². The van der Waals surface area contributed by atoms with Gasteiger partial charge >= 0.3 is 5.82 Å². The molecule has 0 aliphatic heterocycles. The summed E-state index contributed by atoms with van der Waals surface area (Å²) in [5.41, 5.74) is 5.01. The number of rotatable bonds is 2. The molecule has 0 atom stereocenters. The first-order valence-electron chi connectivity index (χ1n) is 9.50. The molecule has 5 rings (SSSR count). The van der Waals surface area contributed by atoms with Crippen molar-refractivity contribution in [3.8, 4) is 22.6 Å². The molecule has 0 spiro atoms. The van der Waals surface area contributed by atoms with E-state index in [0.717, 1.165) is 36.8 Å². The molecule has 0 N–H and O–H groups in total. The van der Waals surface area contributed by atoms with Gasteiger partial charge in [0.2, 0.25) is 0 Å². The lowest BCUT2D eigenvalue weighted by Crippen LogP contribution is -2.01. The van der Waals surface area contributed by atoms with Gasteiger partial charge < -0.3 is 8.83 Å². The fourth-order valence-corrected chi connectivity index (χ4v) is 7.13. The van der Waals surface area contributed by atoms with Crippen LogP contribution in [0.5, 0.6) is 0 Å². The van der Waals surface area contributed by atoms with Crippen molar-refractivity contribution in [3.63, 3.8) is 0 Å². The quantitative estimate of drug-likeness (QED) is 0.537. The van der Waals surface area contributed by atoms with Crippen LogP contribution >= 0.6 is 22.7 Å². The minimum absolute atomic E-state index is 0.583. The zero-order valence-corrected chi connectivity index (χ0v) is 16.8. The zero-order valence-electron chi connectivity index (χ0n) is 15.2. The van der Waals surface area contributed by atoms with E-state index in [1.807, 2.05) is 22.7 Å². The third kappa shape index (κ3) is 2.48. The molecule has 0 unspecified atom stereocenters. The van der Waals surface area contributed by atoms with Crippen molar-refractivity contribution in [2.24, 2.45) is 0 Å². The molecular formula is C21H22O3S2. The average Bonchev–Trinajstić information content (AvgIpc) is 3.25. The van der Waals surface area contributed by atoms with Crippen LogP contribution in [0.25, 0.3) is 22.6 Å². The van der Waals surface area contributed by atoms with Gasteiger partial charge in [-0.25, -0.2) is 4.79 Å². The van der Waals surface area contributed by atoms with Crippen molar-refractivity contribution in [3.05, 3.63) is 41.3 Å². The molecule has 0 saturated heterocycles. The number of fused-ring (bicyclic) bond motifs is 2. The molecule has 0 fully saturated rings. The highest BCUT2D eigenvalue weighted by atomic mass is 32.1. The molecule has 3 heterocycles. The van der Waals surface area contributed by atoms with Gasteiger partial charge in [-0.05, 0) is 76.3 Å². The standard InChI is InChI=1S/C21H22O3S2/c1-11-17(13-7-3-5-9-15(13)25-11)19-20(24-21(22)23-19)18-12(2)26-16-10-6-4-8-14(16)18/h3-10H2,1-2H3.